The van der Waals surface area contributed by atoms with Crippen LogP contribution in [0.25, 0.3) is 0 Å². The molecule has 0 aliphatic carbocycles. The van der Waals surface area contributed by atoms with Gasteiger partial charge in [-0.2, -0.15) is 0 Å². The average Bonchev–Trinajstić information content (AvgIpc) is 3.34. The molecule has 0 radical (unpaired) electrons. The van der Waals surface area contributed by atoms with Crippen LogP contribution in [0, 0.1) is 6.92 Å². The minimum Gasteiger partial charge on any atom is -0.497 e. The molecule has 0 saturated heterocycles. The van der Waals surface area contributed by atoms with E-state index in [-0.39, 0.29) is 24.0 Å². The van der Waals surface area contributed by atoms with Crippen molar-refractivity contribution in [2.75, 3.05) is 31.9 Å². The number of nitrogens with zero attached hydrogens (tertiary/aromatic N) is 1. The fourth-order valence-electron chi connectivity index (χ4n) is 3.61. The molecule has 0 aromatic heterocycles. The Morgan fingerprint density at radius 2 is 1.71 bits per heavy atom. The van der Waals surface area contributed by atoms with Gasteiger partial charge in [0.05, 0.1) is 19.9 Å². The van der Waals surface area contributed by atoms with Crippen molar-refractivity contribution in [3.05, 3.63) is 71.8 Å². The molecule has 1 aliphatic heterocycles. The van der Waals surface area contributed by atoms with Gasteiger partial charge in [-0.1, -0.05) is 12.1 Å². The van der Waals surface area contributed by atoms with E-state index in [9.17, 15) is 13.2 Å². The zero-order valence-electron chi connectivity index (χ0n) is 19.6. The lowest BCUT2D eigenvalue weighted by atomic mass is 10.2. The van der Waals surface area contributed by atoms with Gasteiger partial charge in [-0.15, -0.1) is 0 Å². The summed E-state index contributed by atoms with van der Waals surface area (Å²) in [5.41, 5.74) is 1.85. The number of carbonyl (C=O) groups is 1. The SMILES string of the molecule is COc1ccc(N(CC(=O)NCc2ccc3c(c2)OCO3)S(=O)(=O)c2cc(C)ccc2OC)cc1. The van der Waals surface area contributed by atoms with Crippen molar-refractivity contribution < 1.29 is 32.2 Å². The number of aryl methyl sites for hydroxylation is 1. The summed E-state index contributed by atoms with van der Waals surface area (Å²) in [6, 6.07) is 16.7. The molecule has 1 heterocycles. The van der Waals surface area contributed by atoms with E-state index >= 15 is 0 Å². The summed E-state index contributed by atoms with van der Waals surface area (Å²) >= 11 is 0. The molecule has 35 heavy (non-hydrogen) atoms. The maximum Gasteiger partial charge on any atom is 0.268 e. The van der Waals surface area contributed by atoms with Gasteiger partial charge >= 0.3 is 0 Å². The number of rotatable bonds is 9. The number of sulfonamides is 1. The molecule has 9 nitrogen and oxygen atoms in total. The summed E-state index contributed by atoms with van der Waals surface area (Å²) in [7, 11) is -1.23. The van der Waals surface area contributed by atoms with Gasteiger partial charge in [0.15, 0.2) is 11.5 Å². The normalized spacial score (nSPS) is 12.2. The third-order valence-corrected chi connectivity index (χ3v) is 7.26. The summed E-state index contributed by atoms with van der Waals surface area (Å²) < 4.78 is 49.7. The minimum absolute atomic E-state index is 0.0283. The van der Waals surface area contributed by atoms with Gasteiger partial charge in [0.2, 0.25) is 12.7 Å². The topological polar surface area (TPSA) is 103 Å². The summed E-state index contributed by atoms with van der Waals surface area (Å²) in [5, 5.41) is 2.78. The minimum atomic E-state index is -4.15. The van der Waals surface area contributed by atoms with Crippen molar-refractivity contribution in [2.45, 2.75) is 18.4 Å². The van der Waals surface area contributed by atoms with Gasteiger partial charge in [0.25, 0.3) is 10.0 Å². The lowest BCUT2D eigenvalue weighted by molar-refractivity contribution is -0.119. The number of fused-ring (bicyclic) bond motifs is 1. The van der Waals surface area contributed by atoms with Crippen LogP contribution in [0.3, 0.4) is 0 Å². The molecule has 0 fully saturated rings. The van der Waals surface area contributed by atoms with E-state index in [1.807, 2.05) is 6.07 Å². The Morgan fingerprint density at radius 3 is 2.43 bits per heavy atom. The van der Waals surface area contributed by atoms with Gasteiger partial charge < -0.3 is 24.3 Å². The van der Waals surface area contributed by atoms with Gasteiger partial charge in [0.1, 0.15) is 22.9 Å². The van der Waals surface area contributed by atoms with Crippen LogP contribution in [0.2, 0.25) is 0 Å². The molecule has 0 atom stereocenters. The first-order chi connectivity index (χ1) is 16.8. The number of hydrogen-bond acceptors (Lipinski definition) is 7. The third-order valence-electron chi connectivity index (χ3n) is 5.46. The molecule has 4 rings (SSSR count). The molecule has 0 spiro atoms. The Bertz CT molecular complexity index is 1320. The zero-order valence-corrected chi connectivity index (χ0v) is 20.4. The van der Waals surface area contributed by atoms with E-state index in [0.29, 0.717) is 22.9 Å². The summed E-state index contributed by atoms with van der Waals surface area (Å²) in [6.07, 6.45) is 0. The Balaban J connectivity index is 1.60. The second kappa shape index (κ2) is 10.1. The Hall–Kier alpha value is -3.92. The second-order valence-electron chi connectivity index (χ2n) is 7.83. The van der Waals surface area contributed by atoms with Gasteiger partial charge in [-0.3, -0.25) is 9.10 Å². The van der Waals surface area contributed by atoms with E-state index in [2.05, 4.69) is 5.32 Å². The largest absolute Gasteiger partial charge is 0.497 e. The van der Waals surface area contributed by atoms with Crippen LogP contribution < -0.4 is 28.6 Å². The summed E-state index contributed by atoms with van der Waals surface area (Å²) in [6.45, 7) is 1.70. The first-order valence-electron chi connectivity index (χ1n) is 10.8. The molecular weight excluding hydrogens is 472 g/mol. The smallest absolute Gasteiger partial charge is 0.268 e. The maximum atomic E-state index is 13.8. The molecule has 184 valence electrons. The van der Waals surface area contributed by atoms with E-state index in [1.54, 1.807) is 55.5 Å². The highest BCUT2D eigenvalue weighted by atomic mass is 32.2. The zero-order chi connectivity index (χ0) is 25.0. The molecule has 1 aliphatic rings. The van der Waals surface area contributed by atoms with Crippen LogP contribution in [-0.2, 0) is 21.4 Å². The Morgan fingerprint density at radius 1 is 0.971 bits per heavy atom. The quantitative estimate of drug-likeness (QED) is 0.483. The van der Waals surface area contributed by atoms with Crippen molar-refractivity contribution in [2.24, 2.45) is 0 Å². The average molecular weight is 499 g/mol. The van der Waals surface area contributed by atoms with Crippen molar-refractivity contribution in [3.63, 3.8) is 0 Å². The van der Waals surface area contributed by atoms with Crippen LogP contribution >= 0.6 is 0 Å². The standard InChI is InChI=1S/C25H26N2O7S/c1-17-4-10-22(32-3)24(12-17)35(29,30)27(19-6-8-20(31-2)9-7-19)15-25(28)26-14-18-5-11-21-23(13-18)34-16-33-21/h4-13H,14-16H2,1-3H3,(H,26,28). The fraction of sp³-hybridized carbons (Fsp3) is 0.240. The molecule has 0 bridgehead atoms. The molecule has 0 unspecified atom stereocenters. The van der Waals surface area contributed by atoms with Crippen molar-refractivity contribution in [3.8, 4) is 23.0 Å². The highest BCUT2D eigenvalue weighted by molar-refractivity contribution is 7.93. The molecule has 1 N–H and O–H groups in total. The predicted octanol–water partition coefficient (Wildman–Crippen LogP) is 3.25. The summed E-state index contributed by atoms with van der Waals surface area (Å²) in [4.78, 5) is 12.9. The number of benzene rings is 3. The number of carbonyl (C=O) groups excluding carboxylic acids is 1. The van der Waals surface area contributed by atoms with Crippen LogP contribution in [0.15, 0.2) is 65.6 Å². The third kappa shape index (κ3) is 5.27. The number of ether oxygens (including phenoxy) is 4. The van der Waals surface area contributed by atoms with E-state index in [1.165, 1.54) is 20.3 Å². The van der Waals surface area contributed by atoms with Crippen LogP contribution in [-0.4, -0.2) is 41.9 Å². The first-order valence-corrected chi connectivity index (χ1v) is 12.2. The molecular formula is C25H26N2O7S. The number of methoxy groups -OCH3 is 2. The van der Waals surface area contributed by atoms with Crippen molar-refractivity contribution in [1.82, 2.24) is 5.32 Å². The molecule has 1 amide bonds. The number of hydrogen-bond donors (Lipinski definition) is 1. The Labute approximate surface area is 204 Å². The van der Waals surface area contributed by atoms with Crippen molar-refractivity contribution in [1.29, 1.82) is 0 Å². The number of amides is 1. The molecule has 10 heteroatoms. The molecule has 0 saturated carbocycles. The highest BCUT2D eigenvalue weighted by Crippen LogP contribution is 2.33. The molecule has 3 aromatic carbocycles. The predicted molar refractivity (Wildman–Crippen MR) is 130 cm³/mol. The maximum absolute atomic E-state index is 13.8. The van der Waals surface area contributed by atoms with E-state index in [0.717, 1.165) is 15.4 Å². The lowest BCUT2D eigenvalue weighted by Crippen LogP contribution is -2.40. The summed E-state index contributed by atoms with van der Waals surface area (Å²) in [5.74, 6) is 1.52. The van der Waals surface area contributed by atoms with Crippen LogP contribution in [0.5, 0.6) is 23.0 Å². The van der Waals surface area contributed by atoms with Crippen LogP contribution in [0.1, 0.15) is 11.1 Å². The van der Waals surface area contributed by atoms with Gasteiger partial charge in [0, 0.05) is 6.54 Å². The lowest BCUT2D eigenvalue weighted by Gasteiger charge is -2.25. The second-order valence-corrected chi connectivity index (χ2v) is 9.66. The van der Waals surface area contributed by atoms with Gasteiger partial charge in [-0.05, 0) is 66.6 Å². The number of nitrogens with one attached hydrogen (secondary N) is 1. The van der Waals surface area contributed by atoms with Crippen LogP contribution in [0.4, 0.5) is 5.69 Å². The van der Waals surface area contributed by atoms with Crippen molar-refractivity contribution >= 4 is 21.6 Å². The number of anilines is 1. The Kier molecular flexibility index (Phi) is 7.02. The van der Waals surface area contributed by atoms with E-state index in [4.69, 9.17) is 18.9 Å². The first kappa shape index (κ1) is 24.2. The van der Waals surface area contributed by atoms with E-state index < -0.39 is 22.5 Å². The fourth-order valence-corrected chi connectivity index (χ4v) is 5.27. The van der Waals surface area contributed by atoms with Gasteiger partial charge in [-0.25, -0.2) is 8.42 Å². The monoisotopic (exact) mass is 498 g/mol. The highest BCUT2D eigenvalue weighted by Gasteiger charge is 2.30. The molecule has 3 aromatic rings.